The first-order valence-corrected chi connectivity index (χ1v) is 8.04. The Balaban J connectivity index is 1.58. The molecule has 0 aliphatic carbocycles. The van der Waals surface area contributed by atoms with Crippen molar-refractivity contribution in [1.29, 1.82) is 0 Å². The summed E-state index contributed by atoms with van der Waals surface area (Å²) in [6.07, 6.45) is 0.739. The standard InChI is InChI=1S/C16H25ClN2O2/c1-2-19-7-6-13(11-19)9-18-10-15(20)12-21-16-5-3-4-14(17)8-16/h3-5,8,13,15,18,20H,2,6-7,9-12H2,1H3. The Hall–Kier alpha value is -0.810. The van der Waals surface area contributed by atoms with Crippen LogP contribution in [0.1, 0.15) is 13.3 Å². The predicted octanol–water partition coefficient (Wildman–Crippen LogP) is 2.01. The lowest BCUT2D eigenvalue weighted by Gasteiger charge is -2.16. The number of hydrogen-bond acceptors (Lipinski definition) is 4. The number of ether oxygens (including phenoxy) is 1. The highest BCUT2D eigenvalue weighted by Gasteiger charge is 2.20. The van der Waals surface area contributed by atoms with Crippen LogP contribution in [0.25, 0.3) is 0 Å². The summed E-state index contributed by atoms with van der Waals surface area (Å²) < 4.78 is 5.52. The maximum atomic E-state index is 9.92. The lowest BCUT2D eigenvalue weighted by atomic mass is 10.1. The maximum Gasteiger partial charge on any atom is 0.120 e. The van der Waals surface area contributed by atoms with Gasteiger partial charge in [-0.25, -0.2) is 0 Å². The summed E-state index contributed by atoms with van der Waals surface area (Å²) in [6.45, 7) is 7.49. The molecule has 1 aromatic carbocycles. The average molecular weight is 313 g/mol. The van der Waals surface area contributed by atoms with E-state index in [1.165, 1.54) is 19.5 Å². The Morgan fingerprint density at radius 2 is 2.38 bits per heavy atom. The van der Waals surface area contributed by atoms with Crippen molar-refractivity contribution in [2.45, 2.75) is 19.4 Å². The van der Waals surface area contributed by atoms with Crippen molar-refractivity contribution in [3.8, 4) is 5.75 Å². The summed E-state index contributed by atoms with van der Waals surface area (Å²) in [6, 6.07) is 7.22. The van der Waals surface area contributed by atoms with Crippen molar-refractivity contribution in [2.75, 3.05) is 39.3 Å². The van der Waals surface area contributed by atoms with Crippen molar-refractivity contribution in [3.05, 3.63) is 29.3 Å². The van der Waals surface area contributed by atoms with Gasteiger partial charge in [-0.1, -0.05) is 24.6 Å². The zero-order chi connectivity index (χ0) is 15.1. The summed E-state index contributed by atoms with van der Waals surface area (Å²) in [4.78, 5) is 2.46. The van der Waals surface area contributed by atoms with Gasteiger partial charge in [-0.2, -0.15) is 0 Å². The molecular weight excluding hydrogens is 288 g/mol. The van der Waals surface area contributed by atoms with Crippen LogP contribution in [0.5, 0.6) is 5.75 Å². The Bertz CT molecular complexity index is 430. The zero-order valence-corrected chi connectivity index (χ0v) is 13.4. The topological polar surface area (TPSA) is 44.7 Å². The second-order valence-electron chi connectivity index (χ2n) is 5.63. The Labute approximate surface area is 132 Å². The number of nitrogens with one attached hydrogen (secondary N) is 1. The summed E-state index contributed by atoms with van der Waals surface area (Å²) in [7, 11) is 0. The van der Waals surface area contributed by atoms with Crippen LogP contribution in [0.4, 0.5) is 0 Å². The van der Waals surface area contributed by atoms with Gasteiger partial charge in [0.25, 0.3) is 0 Å². The molecule has 1 fully saturated rings. The molecule has 5 heteroatoms. The van der Waals surface area contributed by atoms with Crippen molar-refractivity contribution in [1.82, 2.24) is 10.2 Å². The molecule has 0 saturated carbocycles. The molecule has 0 aromatic heterocycles. The predicted molar refractivity (Wildman–Crippen MR) is 86.0 cm³/mol. The van der Waals surface area contributed by atoms with Gasteiger partial charge in [-0.3, -0.25) is 0 Å². The number of likely N-dealkylation sites (tertiary alicyclic amines) is 1. The monoisotopic (exact) mass is 312 g/mol. The Morgan fingerprint density at radius 3 is 3.10 bits per heavy atom. The number of rotatable bonds is 8. The highest BCUT2D eigenvalue weighted by Crippen LogP contribution is 2.17. The molecule has 0 bridgehead atoms. The molecule has 4 nitrogen and oxygen atoms in total. The van der Waals surface area contributed by atoms with Crippen molar-refractivity contribution in [3.63, 3.8) is 0 Å². The van der Waals surface area contributed by atoms with Gasteiger partial charge < -0.3 is 20.1 Å². The van der Waals surface area contributed by atoms with Crippen LogP contribution in [-0.2, 0) is 0 Å². The first-order valence-electron chi connectivity index (χ1n) is 7.67. The second-order valence-corrected chi connectivity index (χ2v) is 6.06. The molecule has 118 valence electrons. The fourth-order valence-electron chi connectivity index (χ4n) is 2.63. The van der Waals surface area contributed by atoms with Gasteiger partial charge >= 0.3 is 0 Å². The minimum Gasteiger partial charge on any atom is -0.491 e. The van der Waals surface area contributed by atoms with Crippen LogP contribution in [0.3, 0.4) is 0 Å². The summed E-state index contributed by atoms with van der Waals surface area (Å²) >= 11 is 5.88. The third-order valence-corrected chi connectivity index (χ3v) is 4.10. The molecule has 0 spiro atoms. The fourth-order valence-corrected chi connectivity index (χ4v) is 2.81. The van der Waals surface area contributed by atoms with E-state index in [9.17, 15) is 5.11 Å². The van der Waals surface area contributed by atoms with Crippen molar-refractivity contribution in [2.24, 2.45) is 5.92 Å². The van der Waals surface area contributed by atoms with Gasteiger partial charge in [0.1, 0.15) is 18.5 Å². The molecule has 1 saturated heterocycles. The maximum absolute atomic E-state index is 9.92. The molecule has 0 radical (unpaired) electrons. The smallest absolute Gasteiger partial charge is 0.120 e. The Kier molecular flexibility index (Phi) is 6.77. The molecule has 2 N–H and O–H groups in total. The third kappa shape index (κ3) is 5.83. The highest BCUT2D eigenvalue weighted by atomic mass is 35.5. The van der Waals surface area contributed by atoms with Crippen molar-refractivity contribution < 1.29 is 9.84 Å². The summed E-state index contributed by atoms with van der Waals surface area (Å²) in [5.74, 6) is 1.39. The van der Waals surface area contributed by atoms with Crippen LogP contribution >= 0.6 is 11.6 Å². The normalized spacial score (nSPS) is 20.6. The molecule has 0 amide bonds. The molecule has 1 aromatic rings. The first-order chi connectivity index (χ1) is 10.2. The number of aliphatic hydroxyl groups excluding tert-OH is 1. The third-order valence-electron chi connectivity index (χ3n) is 3.87. The van der Waals surface area contributed by atoms with E-state index in [0.29, 0.717) is 23.2 Å². The van der Waals surface area contributed by atoms with E-state index in [0.717, 1.165) is 13.1 Å². The summed E-state index contributed by atoms with van der Waals surface area (Å²) in [5.41, 5.74) is 0. The van der Waals surface area contributed by atoms with Crippen LogP contribution in [0.2, 0.25) is 5.02 Å². The van der Waals surface area contributed by atoms with E-state index >= 15 is 0 Å². The van der Waals surface area contributed by atoms with Crippen LogP contribution in [-0.4, -0.2) is 55.4 Å². The van der Waals surface area contributed by atoms with Gasteiger partial charge in [0.15, 0.2) is 0 Å². The number of halogens is 1. The quantitative estimate of drug-likeness (QED) is 0.771. The molecular formula is C16H25ClN2O2. The number of hydrogen-bond donors (Lipinski definition) is 2. The molecule has 2 atom stereocenters. The van der Waals surface area contributed by atoms with Gasteiger partial charge in [0.2, 0.25) is 0 Å². The van der Waals surface area contributed by atoms with Crippen LogP contribution in [0.15, 0.2) is 24.3 Å². The van der Waals surface area contributed by atoms with Gasteiger partial charge in [0, 0.05) is 18.1 Å². The minimum atomic E-state index is -0.507. The van der Waals surface area contributed by atoms with E-state index in [1.54, 1.807) is 12.1 Å². The zero-order valence-electron chi connectivity index (χ0n) is 12.6. The summed E-state index contributed by atoms with van der Waals surface area (Å²) in [5, 5.41) is 13.9. The van der Waals surface area contributed by atoms with E-state index in [-0.39, 0.29) is 6.61 Å². The first kappa shape index (κ1) is 16.6. The number of aliphatic hydroxyl groups is 1. The highest BCUT2D eigenvalue weighted by molar-refractivity contribution is 6.30. The molecule has 1 aliphatic rings. The lowest BCUT2D eigenvalue weighted by Crippen LogP contribution is -2.35. The fraction of sp³-hybridized carbons (Fsp3) is 0.625. The van der Waals surface area contributed by atoms with E-state index < -0.39 is 6.10 Å². The molecule has 1 heterocycles. The van der Waals surface area contributed by atoms with E-state index in [1.807, 2.05) is 12.1 Å². The van der Waals surface area contributed by atoms with E-state index in [4.69, 9.17) is 16.3 Å². The molecule has 2 rings (SSSR count). The molecule has 1 aliphatic heterocycles. The average Bonchev–Trinajstić information content (AvgIpc) is 2.93. The van der Waals surface area contributed by atoms with Crippen molar-refractivity contribution >= 4 is 11.6 Å². The van der Waals surface area contributed by atoms with Crippen LogP contribution < -0.4 is 10.1 Å². The second kappa shape index (κ2) is 8.59. The minimum absolute atomic E-state index is 0.277. The van der Waals surface area contributed by atoms with Gasteiger partial charge in [-0.15, -0.1) is 0 Å². The number of benzene rings is 1. The van der Waals surface area contributed by atoms with Gasteiger partial charge in [-0.05, 0) is 50.2 Å². The SMILES string of the molecule is CCN1CCC(CNCC(O)COc2cccc(Cl)c2)C1. The largest absolute Gasteiger partial charge is 0.491 e. The Morgan fingerprint density at radius 1 is 1.52 bits per heavy atom. The molecule has 21 heavy (non-hydrogen) atoms. The molecule has 2 unspecified atom stereocenters. The number of nitrogens with zero attached hydrogens (tertiary/aromatic N) is 1. The van der Waals surface area contributed by atoms with Gasteiger partial charge in [0.05, 0.1) is 0 Å². The lowest BCUT2D eigenvalue weighted by molar-refractivity contribution is 0.105. The van der Waals surface area contributed by atoms with Crippen LogP contribution in [0, 0.1) is 5.92 Å². The van der Waals surface area contributed by atoms with E-state index in [2.05, 4.69) is 17.1 Å².